The third kappa shape index (κ3) is 1.98. The molecule has 0 spiro atoms. The second-order valence-corrected chi connectivity index (χ2v) is 5.36. The van der Waals surface area contributed by atoms with Crippen LogP contribution in [0.25, 0.3) is 15.5 Å². The molecule has 3 aromatic rings. The number of aromatic nitrogens is 6. The summed E-state index contributed by atoms with van der Waals surface area (Å²) in [7, 11) is 1.77. The molecule has 3 aromatic heterocycles. The molecule has 0 N–H and O–H groups in total. The smallest absolute Gasteiger partial charge is 0.275 e. The average Bonchev–Trinajstić information content (AvgIpc) is 2.88. The van der Waals surface area contributed by atoms with Crippen molar-refractivity contribution in [2.45, 2.75) is 12.3 Å². The molecule has 3 heterocycles. The van der Waals surface area contributed by atoms with Crippen LogP contribution in [0.1, 0.15) is 11.5 Å². The van der Waals surface area contributed by atoms with Gasteiger partial charge >= 0.3 is 5.38 Å². The molecule has 100 valence electrons. The number of nitrogens with zero attached hydrogens (tertiary/aromatic N) is 6. The van der Waals surface area contributed by atoms with E-state index in [9.17, 15) is 8.78 Å². The molecule has 19 heavy (non-hydrogen) atoms. The number of alkyl halides is 3. The minimum atomic E-state index is -3.60. The van der Waals surface area contributed by atoms with Crippen molar-refractivity contribution in [3.05, 3.63) is 17.7 Å². The van der Waals surface area contributed by atoms with Gasteiger partial charge in [-0.25, -0.2) is 0 Å². The van der Waals surface area contributed by atoms with E-state index in [4.69, 9.17) is 11.6 Å². The molecule has 0 aromatic carbocycles. The van der Waals surface area contributed by atoms with Gasteiger partial charge in [-0.05, 0) is 18.5 Å². The third-order valence-electron chi connectivity index (χ3n) is 2.49. The van der Waals surface area contributed by atoms with E-state index in [-0.39, 0.29) is 4.96 Å². The van der Waals surface area contributed by atoms with E-state index in [0.717, 1.165) is 27.1 Å². The van der Waals surface area contributed by atoms with Crippen LogP contribution < -0.4 is 0 Å². The maximum atomic E-state index is 13.1. The van der Waals surface area contributed by atoms with Crippen molar-refractivity contribution in [1.29, 1.82) is 0 Å². The quantitative estimate of drug-likeness (QED) is 0.681. The van der Waals surface area contributed by atoms with Crippen molar-refractivity contribution in [1.82, 2.24) is 29.6 Å². The molecule has 6 nitrogen and oxygen atoms in total. The highest BCUT2D eigenvalue weighted by Crippen LogP contribution is 2.34. The summed E-state index contributed by atoms with van der Waals surface area (Å²) in [5.74, 6) is -0.687. The van der Waals surface area contributed by atoms with Gasteiger partial charge < -0.3 is 0 Å². The summed E-state index contributed by atoms with van der Waals surface area (Å²) in [5, 5.41) is 12.2. The van der Waals surface area contributed by atoms with Crippen LogP contribution in [0.2, 0.25) is 0 Å². The van der Waals surface area contributed by atoms with Crippen LogP contribution in [-0.2, 0) is 12.4 Å². The number of hydrogen-bond donors (Lipinski definition) is 0. The zero-order valence-corrected chi connectivity index (χ0v) is 11.4. The standard InChI is InChI=1S/C9H7ClF2N6S/c1-4-5(3-17(2)15-4)6-16-18-7(9(10,11)12)13-14-8(18)19-6/h3H,1-2H3. The minimum Gasteiger partial charge on any atom is -0.275 e. The maximum Gasteiger partial charge on any atom is 0.383 e. The maximum absolute atomic E-state index is 13.1. The molecule has 0 aliphatic heterocycles. The number of halogens is 3. The number of rotatable bonds is 2. The van der Waals surface area contributed by atoms with Crippen molar-refractivity contribution < 1.29 is 8.78 Å². The highest BCUT2D eigenvalue weighted by atomic mass is 35.5. The molecule has 3 rings (SSSR count). The summed E-state index contributed by atoms with van der Waals surface area (Å²) in [4.78, 5) is 0.258. The molecule has 0 saturated carbocycles. The number of fused-ring (bicyclic) bond motifs is 1. The first-order valence-corrected chi connectivity index (χ1v) is 6.36. The second kappa shape index (κ2) is 3.94. The highest BCUT2D eigenvalue weighted by Gasteiger charge is 2.35. The highest BCUT2D eigenvalue weighted by molar-refractivity contribution is 7.19. The number of aryl methyl sites for hydroxylation is 2. The van der Waals surface area contributed by atoms with E-state index in [2.05, 4.69) is 20.4 Å². The first kappa shape index (κ1) is 12.4. The second-order valence-electron chi connectivity index (χ2n) is 3.92. The van der Waals surface area contributed by atoms with E-state index >= 15 is 0 Å². The molecule has 0 aliphatic carbocycles. The van der Waals surface area contributed by atoms with Gasteiger partial charge in [0.2, 0.25) is 10.8 Å². The summed E-state index contributed by atoms with van der Waals surface area (Å²) in [6.45, 7) is 1.81. The van der Waals surface area contributed by atoms with E-state index in [1.54, 1.807) is 17.9 Å². The zero-order valence-electron chi connectivity index (χ0n) is 9.80. The Morgan fingerprint density at radius 3 is 2.63 bits per heavy atom. The molecular formula is C9H7ClF2N6S. The van der Waals surface area contributed by atoms with Gasteiger partial charge in [0.1, 0.15) is 0 Å². The lowest BCUT2D eigenvalue weighted by molar-refractivity contribution is 0.0821. The molecular weight excluding hydrogens is 298 g/mol. The SMILES string of the molecule is Cc1nn(C)cc1-c1nn2c(C(F)(F)Cl)nnc2s1. The summed E-state index contributed by atoms with van der Waals surface area (Å²) in [5.41, 5.74) is 1.52. The molecule has 0 atom stereocenters. The first-order chi connectivity index (χ1) is 8.86. The first-order valence-electron chi connectivity index (χ1n) is 5.16. The van der Waals surface area contributed by atoms with Crippen molar-refractivity contribution in [3.63, 3.8) is 0 Å². The fourth-order valence-electron chi connectivity index (χ4n) is 1.71. The molecule has 0 radical (unpaired) electrons. The summed E-state index contributed by atoms with van der Waals surface area (Å²) < 4.78 is 28.8. The van der Waals surface area contributed by atoms with Gasteiger partial charge in [-0.1, -0.05) is 11.3 Å². The lowest BCUT2D eigenvalue weighted by Gasteiger charge is -2.01. The van der Waals surface area contributed by atoms with Crippen molar-refractivity contribution in [3.8, 4) is 10.6 Å². The molecule has 10 heteroatoms. The largest absolute Gasteiger partial charge is 0.383 e. The van der Waals surface area contributed by atoms with Crippen molar-refractivity contribution >= 4 is 27.9 Å². The Balaban J connectivity index is 2.18. The van der Waals surface area contributed by atoms with Crippen LogP contribution >= 0.6 is 22.9 Å². The Morgan fingerprint density at radius 2 is 2.05 bits per heavy atom. The Hall–Kier alpha value is -1.61. The Kier molecular flexibility index (Phi) is 2.58. The lowest BCUT2D eigenvalue weighted by atomic mass is 10.3. The normalized spacial score (nSPS) is 12.5. The van der Waals surface area contributed by atoms with E-state index < -0.39 is 11.2 Å². The molecule has 0 unspecified atom stereocenters. The monoisotopic (exact) mass is 304 g/mol. The third-order valence-corrected chi connectivity index (χ3v) is 3.59. The topological polar surface area (TPSA) is 60.9 Å². The lowest BCUT2D eigenvalue weighted by Crippen LogP contribution is -2.10. The predicted octanol–water partition coefficient (Wildman–Crippen LogP) is 2.18. The van der Waals surface area contributed by atoms with Gasteiger partial charge in [-0.2, -0.15) is 23.5 Å². The molecule has 0 amide bonds. The van der Waals surface area contributed by atoms with Crippen LogP contribution in [0, 0.1) is 6.92 Å². The minimum absolute atomic E-state index is 0.258. The Bertz CT molecular complexity index is 755. The molecule has 0 fully saturated rings. The fourth-order valence-corrected chi connectivity index (χ4v) is 2.73. The average molecular weight is 305 g/mol. The van der Waals surface area contributed by atoms with Gasteiger partial charge in [0.05, 0.1) is 11.3 Å². The summed E-state index contributed by atoms with van der Waals surface area (Å²) in [6.07, 6.45) is 1.76. The summed E-state index contributed by atoms with van der Waals surface area (Å²) in [6, 6.07) is 0. The fraction of sp³-hybridized carbons (Fsp3) is 0.333. The van der Waals surface area contributed by atoms with E-state index in [0.29, 0.717) is 5.01 Å². The van der Waals surface area contributed by atoms with Crippen LogP contribution in [0.15, 0.2) is 6.20 Å². The Labute approximate surface area is 114 Å². The van der Waals surface area contributed by atoms with Crippen LogP contribution in [0.3, 0.4) is 0 Å². The predicted molar refractivity (Wildman–Crippen MR) is 65.3 cm³/mol. The molecule has 0 saturated heterocycles. The molecule has 0 aliphatic rings. The van der Waals surface area contributed by atoms with Gasteiger partial charge in [0, 0.05) is 13.2 Å². The Morgan fingerprint density at radius 1 is 1.32 bits per heavy atom. The zero-order chi connectivity index (χ0) is 13.8. The van der Waals surface area contributed by atoms with E-state index in [1.807, 2.05) is 6.92 Å². The van der Waals surface area contributed by atoms with Crippen molar-refractivity contribution in [2.75, 3.05) is 0 Å². The van der Waals surface area contributed by atoms with Gasteiger partial charge in [0.15, 0.2) is 5.01 Å². The van der Waals surface area contributed by atoms with Crippen LogP contribution in [-0.4, -0.2) is 29.6 Å². The van der Waals surface area contributed by atoms with E-state index in [1.165, 1.54) is 0 Å². The number of hydrogen-bond acceptors (Lipinski definition) is 5. The van der Waals surface area contributed by atoms with Gasteiger partial charge in [-0.15, -0.1) is 10.2 Å². The molecule has 0 bridgehead atoms. The van der Waals surface area contributed by atoms with Crippen molar-refractivity contribution in [2.24, 2.45) is 7.05 Å². The van der Waals surface area contributed by atoms with Crippen LogP contribution in [0.5, 0.6) is 0 Å². The van der Waals surface area contributed by atoms with Gasteiger partial charge in [0.25, 0.3) is 0 Å². The summed E-state index contributed by atoms with van der Waals surface area (Å²) >= 11 is 6.11. The van der Waals surface area contributed by atoms with Crippen LogP contribution in [0.4, 0.5) is 8.78 Å². The van der Waals surface area contributed by atoms with Gasteiger partial charge in [-0.3, -0.25) is 4.68 Å².